The lowest BCUT2D eigenvalue weighted by Crippen LogP contribution is -2.52. The highest BCUT2D eigenvalue weighted by Gasteiger charge is 2.43. The summed E-state index contributed by atoms with van der Waals surface area (Å²) in [6, 6.07) is 9.53. The van der Waals surface area contributed by atoms with Crippen LogP contribution < -0.4 is 4.90 Å². The van der Waals surface area contributed by atoms with Crippen molar-refractivity contribution in [2.45, 2.75) is 37.8 Å². The minimum Gasteiger partial charge on any atom is -0.508 e. The minimum atomic E-state index is 0.302. The van der Waals surface area contributed by atoms with Crippen molar-refractivity contribution in [2.24, 2.45) is 0 Å². The Kier molecular flexibility index (Phi) is 4.10. The molecule has 1 aromatic carbocycles. The predicted octanol–water partition coefficient (Wildman–Crippen LogP) is 2.82. The van der Waals surface area contributed by atoms with Crippen LogP contribution in [-0.4, -0.2) is 45.1 Å². The van der Waals surface area contributed by atoms with E-state index in [0.29, 0.717) is 11.3 Å². The fraction of sp³-hybridized carbons (Fsp3) is 0.474. The van der Waals surface area contributed by atoms with Crippen molar-refractivity contribution in [1.82, 2.24) is 14.9 Å². The molecule has 24 heavy (non-hydrogen) atoms. The average molecular weight is 324 g/mol. The van der Waals surface area contributed by atoms with Gasteiger partial charge in [0.05, 0.1) is 0 Å². The van der Waals surface area contributed by atoms with Gasteiger partial charge < -0.3 is 10.0 Å². The summed E-state index contributed by atoms with van der Waals surface area (Å²) < 4.78 is 0. The first kappa shape index (κ1) is 15.4. The largest absolute Gasteiger partial charge is 0.508 e. The molecule has 0 aliphatic carbocycles. The number of rotatable bonds is 3. The van der Waals surface area contributed by atoms with Crippen LogP contribution in [0.1, 0.15) is 31.2 Å². The van der Waals surface area contributed by atoms with E-state index in [9.17, 15) is 5.11 Å². The fourth-order valence-corrected chi connectivity index (χ4v) is 4.26. The molecule has 0 atom stereocenters. The van der Waals surface area contributed by atoms with Gasteiger partial charge in [-0.25, -0.2) is 9.97 Å². The number of hydrogen-bond donors (Lipinski definition) is 1. The fourth-order valence-electron chi connectivity index (χ4n) is 4.26. The van der Waals surface area contributed by atoms with Gasteiger partial charge in [-0.05, 0) is 56.0 Å². The van der Waals surface area contributed by atoms with E-state index >= 15 is 0 Å². The lowest BCUT2D eigenvalue weighted by molar-refractivity contribution is 0.0994. The molecule has 5 nitrogen and oxygen atoms in total. The molecule has 126 valence electrons. The summed E-state index contributed by atoms with van der Waals surface area (Å²) in [7, 11) is 0. The highest BCUT2D eigenvalue weighted by atomic mass is 16.3. The number of anilines is 1. The van der Waals surface area contributed by atoms with E-state index in [2.05, 4.69) is 25.8 Å². The third-order valence-corrected chi connectivity index (χ3v) is 5.55. The van der Waals surface area contributed by atoms with Gasteiger partial charge in [0.15, 0.2) is 0 Å². The summed E-state index contributed by atoms with van der Waals surface area (Å²) in [5.74, 6) is 1.21. The van der Waals surface area contributed by atoms with Gasteiger partial charge >= 0.3 is 0 Å². The number of phenols is 1. The Morgan fingerprint density at radius 3 is 2.54 bits per heavy atom. The lowest BCUT2D eigenvalue weighted by Gasteiger charge is -2.45. The third-order valence-electron chi connectivity index (χ3n) is 5.55. The monoisotopic (exact) mass is 324 g/mol. The molecule has 0 radical (unpaired) electrons. The van der Waals surface area contributed by atoms with Crippen molar-refractivity contribution in [3.05, 3.63) is 48.3 Å². The Balaban J connectivity index is 1.45. The third kappa shape index (κ3) is 2.96. The average Bonchev–Trinajstić information content (AvgIpc) is 2.98. The number of nitrogens with zero attached hydrogens (tertiary/aromatic N) is 4. The van der Waals surface area contributed by atoms with E-state index < -0.39 is 0 Å². The Labute approximate surface area is 143 Å². The van der Waals surface area contributed by atoms with Crippen LogP contribution in [0, 0.1) is 0 Å². The molecule has 4 rings (SSSR count). The van der Waals surface area contributed by atoms with Crippen LogP contribution in [0.15, 0.2) is 42.7 Å². The van der Waals surface area contributed by atoms with Gasteiger partial charge in [0.25, 0.3) is 0 Å². The van der Waals surface area contributed by atoms with Crippen molar-refractivity contribution in [3.63, 3.8) is 0 Å². The minimum absolute atomic E-state index is 0.302. The number of hydrogen-bond acceptors (Lipinski definition) is 5. The highest BCUT2D eigenvalue weighted by Crippen LogP contribution is 2.40. The summed E-state index contributed by atoms with van der Waals surface area (Å²) >= 11 is 0. The number of aromatic hydroxyl groups is 1. The van der Waals surface area contributed by atoms with E-state index in [1.54, 1.807) is 6.07 Å². The Morgan fingerprint density at radius 2 is 1.79 bits per heavy atom. The molecule has 0 unspecified atom stereocenters. The summed E-state index contributed by atoms with van der Waals surface area (Å²) in [4.78, 5) is 13.7. The number of likely N-dealkylation sites (tertiary alicyclic amines) is 1. The van der Waals surface area contributed by atoms with Gasteiger partial charge in [-0.3, -0.25) is 4.90 Å². The number of piperidine rings is 1. The molecule has 2 saturated heterocycles. The van der Waals surface area contributed by atoms with Crippen molar-refractivity contribution < 1.29 is 5.11 Å². The van der Waals surface area contributed by atoms with Crippen molar-refractivity contribution >= 4 is 5.95 Å². The van der Waals surface area contributed by atoms with Crippen molar-refractivity contribution in [2.75, 3.05) is 24.5 Å². The zero-order valence-corrected chi connectivity index (χ0v) is 13.9. The predicted molar refractivity (Wildman–Crippen MR) is 94.0 cm³/mol. The number of benzene rings is 1. The van der Waals surface area contributed by atoms with Crippen molar-refractivity contribution in [1.29, 1.82) is 0 Å². The quantitative estimate of drug-likeness (QED) is 0.941. The standard InChI is InChI=1S/C19H24N4O/c24-17-5-1-4-16(14-17)15-23-11-2-6-19(23)7-12-22(13-8-19)18-20-9-3-10-21-18/h1,3-5,9-10,14,24H,2,6-8,11-13,15H2. The van der Waals surface area contributed by atoms with Gasteiger partial charge in [0, 0.05) is 37.6 Å². The normalized spacial score (nSPS) is 20.6. The first-order chi connectivity index (χ1) is 11.8. The Bertz CT molecular complexity index is 683. The zero-order valence-electron chi connectivity index (χ0n) is 13.9. The van der Waals surface area contributed by atoms with E-state index in [-0.39, 0.29) is 0 Å². The molecule has 1 spiro atoms. The molecule has 1 N–H and O–H groups in total. The van der Waals surface area contributed by atoms with Crippen LogP contribution in [-0.2, 0) is 6.54 Å². The summed E-state index contributed by atoms with van der Waals surface area (Å²) in [6.07, 6.45) is 8.48. The smallest absolute Gasteiger partial charge is 0.225 e. The SMILES string of the molecule is Oc1cccc(CN2CCCC23CCN(c2ncccn2)CC3)c1. The maximum atomic E-state index is 9.71. The molecule has 5 heteroatoms. The van der Waals surface area contributed by atoms with Crippen LogP contribution >= 0.6 is 0 Å². The summed E-state index contributed by atoms with van der Waals surface area (Å²) in [5.41, 5.74) is 1.50. The van der Waals surface area contributed by atoms with Crippen LogP contribution in [0.3, 0.4) is 0 Å². The molecular formula is C19H24N4O. The Morgan fingerprint density at radius 1 is 1.00 bits per heavy atom. The lowest BCUT2D eigenvalue weighted by atomic mass is 9.85. The molecule has 0 amide bonds. The molecule has 2 aliphatic heterocycles. The van der Waals surface area contributed by atoms with Crippen LogP contribution in [0.4, 0.5) is 5.95 Å². The van der Waals surface area contributed by atoms with Gasteiger partial charge in [-0.1, -0.05) is 12.1 Å². The molecule has 2 aliphatic rings. The first-order valence-electron chi connectivity index (χ1n) is 8.80. The molecule has 2 fully saturated rings. The maximum Gasteiger partial charge on any atom is 0.225 e. The molecule has 0 bridgehead atoms. The second-order valence-electron chi connectivity index (χ2n) is 6.96. The Hall–Kier alpha value is -2.14. The second-order valence-corrected chi connectivity index (χ2v) is 6.96. The molecule has 1 aromatic heterocycles. The summed E-state index contributed by atoms with van der Waals surface area (Å²) in [5, 5.41) is 9.71. The van der Waals surface area contributed by atoms with Gasteiger partial charge in [0.1, 0.15) is 5.75 Å². The molecule has 0 saturated carbocycles. The van der Waals surface area contributed by atoms with Gasteiger partial charge in [0.2, 0.25) is 5.95 Å². The van der Waals surface area contributed by atoms with E-state index in [1.165, 1.54) is 18.4 Å². The van der Waals surface area contributed by atoms with Crippen LogP contribution in [0.25, 0.3) is 0 Å². The topological polar surface area (TPSA) is 52.5 Å². The zero-order chi connectivity index (χ0) is 16.4. The highest BCUT2D eigenvalue weighted by molar-refractivity contribution is 5.31. The van der Waals surface area contributed by atoms with Crippen LogP contribution in [0.2, 0.25) is 0 Å². The molecule has 2 aromatic rings. The van der Waals surface area contributed by atoms with E-state index in [0.717, 1.165) is 45.0 Å². The van der Waals surface area contributed by atoms with E-state index in [1.807, 2.05) is 30.6 Å². The first-order valence-corrected chi connectivity index (χ1v) is 8.80. The maximum absolute atomic E-state index is 9.71. The number of aromatic nitrogens is 2. The van der Waals surface area contributed by atoms with Crippen LogP contribution in [0.5, 0.6) is 5.75 Å². The number of phenolic OH excluding ortho intramolecular Hbond substituents is 1. The van der Waals surface area contributed by atoms with E-state index in [4.69, 9.17) is 0 Å². The molecule has 3 heterocycles. The van der Waals surface area contributed by atoms with Gasteiger partial charge in [-0.15, -0.1) is 0 Å². The summed E-state index contributed by atoms with van der Waals surface area (Å²) in [6.45, 7) is 4.11. The second kappa shape index (κ2) is 6.40. The molecular weight excluding hydrogens is 300 g/mol. The van der Waals surface area contributed by atoms with Gasteiger partial charge in [-0.2, -0.15) is 0 Å². The van der Waals surface area contributed by atoms with Crippen molar-refractivity contribution in [3.8, 4) is 5.75 Å².